The Bertz CT molecular complexity index is 329. The molecular weight excluding hydrogens is 258 g/mol. The Labute approximate surface area is 131 Å². The molecule has 3 fully saturated rings. The normalized spacial score (nSPS) is 42.4. The standard InChI is InChI=1S/C18H35N3/c1-13(2)8-15-12-21(14(3)11-19-15)18-9-16-6-5-7-17(10-18)20(16)4/h13-19H,5-12H2,1-4H3. The lowest BCUT2D eigenvalue weighted by Crippen LogP contribution is -2.63. The fourth-order valence-corrected chi connectivity index (χ4v) is 5.05. The zero-order chi connectivity index (χ0) is 15.0. The van der Waals surface area contributed by atoms with Gasteiger partial charge in [-0.2, -0.15) is 0 Å². The maximum atomic E-state index is 3.78. The number of hydrogen-bond donors (Lipinski definition) is 1. The van der Waals surface area contributed by atoms with Crippen molar-refractivity contribution in [1.82, 2.24) is 15.1 Å². The largest absolute Gasteiger partial charge is 0.311 e. The molecule has 0 amide bonds. The van der Waals surface area contributed by atoms with Gasteiger partial charge in [-0.1, -0.05) is 20.3 Å². The van der Waals surface area contributed by atoms with E-state index in [0.29, 0.717) is 12.1 Å². The number of fused-ring (bicyclic) bond motifs is 2. The highest BCUT2D eigenvalue weighted by Gasteiger charge is 2.40. The van der Waals surface area contributed by atoms with Crippen LogP contribution in [0.3, 0.4) is 0 Å². The summed E-state index contributed by atoms with van der Waals surface area (Å²) in [6.45, 7) is 9.58. The van der Waals surface area contributed by atoms with Gasteiger partial charge in [-0.3, -0.25) is 4.90 Å². The van der Waals surface area contributed by atoms with Crippen molar-refractivity contribution in [3.8, 4) is 0 Å². The Hall–Kier alpha value is -0.120. The van der Waals surface area contributed by atoms with Crippen LogP contribution >= 0.6 is 0 Å². The molecule has 2 bridgehead atoms. The first-order valence-corrected chi connectivity index (χ1v) is 9.25. The lowest BCUT2D eigenvalue weighted by atomic mass is 9.81. The summed E-state index contributed by atoms with van der Waals surface area (Å²) in [4.78, 5) is 5.56. The van der Waals surface area contributed by atoms with Crippen LogP contribution in [0.1, 0.15) is 59.3 Å². The summed E-state index contributed by atoms with van der Waals surface area (Å²) in [5, 5.41) is 3.78. The number of nitrogens with zero attached hydrogens (tertiary/aromatic N) is 2. The minimum atomic E-state index is 0.709. The van der Waals surface area contributed by atoms with Crippen LogP contribution in [0.15, 0.2) is 0 Å². The molecule has 0 aliphatic carbocycles. The molecule has 3 rings (SSSR count). The van der Waals surface area contributed by atoms with E-state index in [4.69, 9.17) is 0 Å². The molecule has 0 aromatic rings. The summed E-state index contributed by atoms with van der Waals surface area (Å²) in [5.41, 5.74) is 0. The maximum absolute atomic E-state index is 3.78. The third-order valence-corrected chi connectivity index (χ3v) is 6.24. The van der Waals surface area contributed by atoms with Gasteiger partial charge in [0.15, 0.2) is 0 Å². The van der Waals surface area contributed by atoms with E-state index in [1.807, 2.05) is 0 Å². The van der Waals surface area contributed by atoms with Gasteiger partial charge in [0.1, 0.15) is 0 Å². The van der Waals surface area contributed by atoms with Gasteiger partial charge in [-0.05, 0) is 52.0 Å². The van der Waals surface area contributed by atoms with Crippen molar-refractivity contribution in [1.29, 1.82) is 0 Å². The molecule has 122 valence electrons. The molecule has 3 heterocycles. The van der Waals surface area contributed by atoms with Crippen molar-refractivity contribution in [2.75, 3.05) is 20.1 Å². The number of piperazine rings is 1. The Balaban J connectivity index is 1.64. The molecule has 0 radical (unpaired) electrons. The summed E-state index contributed by atoms with van der Waals surface area (Å²) in [7, 11) is 2.37. The summed E-state index contributed by atoms with van der Waals surface area (Å²) < 4.78 is 0. The highest BCUT2D eigenvalue weighted by atomic mass is 15.3. The monoisotopic (exact) mass is 293 g/mol. The zero-order valence-electron chi connectivity index (χ0n) is 14.5. The van der Waals surface area contributed by atoms with Crippen LogP contribution < -0.4 is 5.32 Å². The maximum Gasteiger partial charge on any atom is 0.0198 e. The van der Waals surface area contributed by atoms with Crippen LogP contribution in [0.2, 0.25) is 0 Å². The summed E-state index contributed by atoms with van der Waals surface area (Å²) in [5.74, 6) is 0.801. The van der Waals surface area contributed by atoms with E-state index in [-0.39, 0.29) is 0 Å². The quantitative estimate of drug-likeness (QED) is 0.863. The van der Waals surface area contributed by atoms with Crippen molar-refractivity contribution in [2.24, 2.45) is 5.92 Å². The fourth-order valence-electron chi connectivity index (χ4n) is 5.05. The third-order valence-electron chi connectivity index (χ3n) is 6.24. The molecule has 4 atom stereocenters. The van der Waals surface area contributed by atoms with Crippen molar-refractivity contribution in [3.63, 3.8) is 0 Å². The SMILES string of the molecule is CC(C)CC1CN(C2CC3CCCC(C2)N3C)C(C)CN1. The van der Waals surface area contributed by atoms with Crippen LogP contribution in [-0.2, 0) is 0 Å². The van der Waals surface area contributed by atoms with Gasteiger partial charge < -0.3 is 10.2 Å². The van der Waals surface area contributed by atoms with Gasteiger partial charge in [0, 0.05) is 43.3 Å². The molecule has 4 unspecified atom stereocenters. The molecule has 0 spiro atoms. The Morgan fingerprint density at radius 2 is 1.76 bits per heavy atom. The number of hydrogen-bond acceptors (Lipinski definition) is 3. The van der Waals surface area contributed by atoms with Gasteiger partial charge in [-0.25, -0.2) is 0 Å². The van der Waals surface area contributed by atoms with Gasteiger partial charge in [-0.15, -0.1) is 0 Å². The summed E-state index contributed by atoms with van der Waals surface area (Å²) >= 11 is 0. The first-order valence-electron chi connectivity index (χ1n) is 9.25. The molecule has 3 aliphatic rings. The minimum Gasteiger partial charge on any atom is -0.311 e. The molecule has 3 heteroatoms. The average Bonchev–Trinajstić information content (AvgIpc) is 2.40. The van der Waals surface area contributed by atoms with Crippen molar-refractivity contribution in [3.05, 3.63) is 0 Å². The number of nitrogens with one attached hydrogen (secondary N) is 1. The van der Waals surface area contributed by atoms with Crippen LogP contribution in [0.25, 0.3) is 0 Å². The predicted octanol–water partition coefficient (Wildman–Crippen LogP) is 2.71. The van der Waals surface area contributed by atoms with E-state index in [2.05, 4.69) is 42.9 Å². The van der Waals surface area contributed by atoms with E-state index in [9.17, 15) is 0 Å². The second-order valence-corrected chi connectivity index (χ2v) is 8.31. The first-order chi connectivity index (χ1) is 10.0. The van der Waals surface area contributed by atoms with Crippen LogP contribution in [-0.4, -0.2) is 60.1 Å². The Morgan fingerprint density at radius 3 is 2.38 bits per heavy atom. The molecule has 0 aromatic carbocycles. The van der Waals surface area contributed by atoms with Crippen LogP contribution in [0.5, 0.6) is 0 Å². The van der Waals surface area contributed by atoms with E-state index >= 15 is 0 Å². The molecular formula is C18H35N3. The average molecular weight is 293 g/mol. The fraction of sp³-hybridized carbons (Fsp3) is 1.00. The summed E-state index contributed by atoms with van der Waals surface area (Å²) in [6.07, 6.45) is 8.46. The minimum absolute atomic E-state index is 0.709. The smallest absolute Gasteiger partial charge is 0.0198 e. The van der Waals surface area contributed by atoms with E-state index < -0.39 is 0 Å². The van der Waals surface area contributed by atoms with E-state index in [1.54, 1.807) is 0 Å². The molecule has 0 saturated carbocycles. The van der Waals surface area contributed by atoms with Crippen molar-refractivity contribution < 1.29 is 0 Å². The Morgan fingerprint density at radius 1 is 1.10 bits per heavy atom. The number of piperidine rings is 2. The highest BCUT2D eigenvalue weighted by molar-refractivity contribution is 4.97. The summed E-state index contributed by atoms with van der Waals surface area (Å²) in [6, 6.07) is 3.97. The van der Waals surface area contributed by atoms with E-state index in [1.165, 1.54) is 51.6 Å². The highest BCUT2D eigenvalue weighted by Crippen LogP contribution is 2.35. The third kappa shape index (κ3) is 3.46. The molecule has 21 heavy (non-hydrogen) atoms. The van der Waals surface area contributed by atoms with Gasteiger partial charge >= 0.3 is 0 Å². The molecule has 0 aromatic heterocycles. The molecule has 1 N–H and O–H groups in total. The molecule has 3 nitrogen and oxygen atoms in total. The van der Waals surface area contributed by atoms with Crippen LogP contribution in [0, 0.1) is 5.92 Å². The van der Waals surface area contributed by atoms with Crippen molar-refractivity contribution in [2.45, 2.75) is 89.5 Å². The molecule has 3 saturated heterocycles. The zero-order valence-corrected chi connectivity index (χ0v) is 14.5. The second-order valence-electron chi connectivity index (χ2n) is 8.31. The van der Waals surface area contributed by atoms with Gasteiger partial charge in [0.25, 0.3) is 0 Å². The Kier molecular flexibility index (Phi) is 4.92. The topological polar surface area (TPSA) is 18.5 Å². The number of rotatable bonds is 3. The molecule has 3 aliphatic heterocycles. The second kappa shape index (κ2) is 6.55. The lowest BCUT2D eigenvalue weighted by Gasteiger charge is -2.52. The predicted molar refractivity (Wildman–Crippen MR) is 89.6 cm³/mol. The van der Waals surface area contributed by atoms with Crippen LogP contribution in [0.4, 0.5) is 0 Å². The first kappa shape index (κ1) is 15.8. The van der Waals surface area contributed by atoms with Gasteiger partial charge in [0.2, 0.25) is 0 Å². The van der Waals surface area contributed by atoms with E-state index in [0.717, 1.165) is 24.0 Å². The van der Waals surface area contributed by atoms with Gasteiger partial charge in [0.05, 0.1) is 0 Å². The lowest BCUT2D eigenvalue weighted by molar-refractivity contribution is -0.0165. The van der Waals surface area contributed by atoms with Crippen molar-refractivity contribution >= 4 is 0 Å².